The van der Waals surface area contributed by atoms with Crippen LogP contribution in [0.4, 0.5) is 0 Å². The zero-order valence-electron chi connectivity index (χ0n) is 10.3. The van der Waals surface area contributed by atoms with Gasteiger partial charge in [0.1, 0.15) is 0 Å². The van der Waals surface area contributed by atoms with E-state index in [9.17, 15) is 8.42 Å². The summed E-state index contributed by atoms with van der Waals surface area (Å²) in [4.78, 5) is 0. The summed E-state index contributed by atoms with van der Waals surface area (Å²) in [5.41, 5.74) is 2.30. The quantitative estimate of drug-likeness (QED) is 0.853. The average Bonchev–Trinajstić information content (AvgIpc) is 2.67. The fourth-order valence-electron chi connectivity index (χ4n) is 2.46. The second-order valence-electron chi connectivity index (χ2n) is 4.58. The molecule has 0 fully saturated rings. The molecule has 0 radical (unpaired) electrons. The van der Waals surface area contributed by atoms with Crippen LogP contribution < -0.4 is 0 Å². The maximum absolute atomic E-state index is 11.9. The first kappa shape index (κ1) is 13.6. The second kappa shape index (κ2) is 5.03. The van der Waals surface area contributed by atoms with E-state index < -0.39 is 10.0 Å². The third kappa shape index (κ3) is 2.76. The molecule has 1 atom stereocenters. The first-order chi connectivity index (χ1) is 8.39. The van der Waals surface area contributed by atoms with Crippen LogP contribution in [0.2, 0.25) is 0 Å². The number of hydrogen-bond donors (Lipinski definition) is 0. The van der Waals surface area contributed by atoms with Crippen molar-refractivity contribution < 1.29 is 8.42 Å². The molecule has 0 N–H and O–H groups in total. The van der Waals surface area contributed by atoms with E-state index in [1.807, 2.05) is 24.3 Å². The Bertz CT molecular complexity index is 568. The minimum absolute atomic E-state index is 0.119. The van der Waals surface area contributed by atoms with E-state index >= 15 is 0 Å². The lowest BCUT2D eigenvalue weighted by Gasteiger charge is -2.26. The summed E-state index contributed by atoms with van der Waals surface area (Å²) in [6.07, 6.45) is 2.92. The zero-order valence-corrected chi connectivity index (χ0v) is 11.8. The number of hydrogen-bond acceptors (Lipinski definition) is 2. The standard InChI is InChI=1S/C13H16ClNO2S/c1-10(14)9-15(18(2,16)17)13-8-7-11-5-3-4-6-12(11)13/h3-6,13H,1,7-9H2,2H3/t13-/m1/s1. The number of benzene rings is 1. The highest BCUT2D eigenvalue weighted by atomic mass is 35.5. The van der Waals surface area contributed by atoms with Crippen molar-refractivity contribution in [1.29, 1.82) is 0 Å². The van der Waals surface area contributed by atoms with Gasteiger partial charge in [0.05, 0.1) is 12.3 Å². The van der Waals surface area contributed by atoms with E-state index in [1.165, 1.54) is 16.1 Å². The molecule has 0 aromatic heterocycles. The molecule has 0 unspecified atom stereocenters. The molecule has 5 heteroatoms. The lowest BCUT2D eigenvalue weighted by Crippen LogP contribution is -2.34. The summed E-state index contributed by atoms with van der Waals surface area (Å²) in [5.74, 6) is 0. The summed E-state index contributed by atoms with van der Waals surface area (Å²) in [6, 6.07) is 7.83. The summed E-state index contributed by atoms with van der Waals surface area (Å²) in [5, 5.41) is 0.338. The highest BCUT2D eigenvalue weighted by Crippen LogP contribution is 2.37. The van der Waals surface area contributed by atoms with Crippen LogP contribution in [0, 0.1) is 0 Å². The van der Waals surface area contributed by atoms with Crippen molar-refractivity contribution in [3.8, 4) is 0 Å². The molecule has 1 aromatic carbocycles. The summed E-state index contributed by atoms with van der Waals surface area (Å²) < 4.78 is 25.2. The topological polar surface area (TPSA) is 37.4 Å². The van der Waals surface area contributed by atoms with Crippen molar-refractivity contribution in [3.63, 3.8) is 0 Å². The van der Waals surface area contributed by atoms with E-state index in [1.54, 1.807) is 0 Å². The first-order valence-corrected chi connectivity index (χ1v) is 8.00. The van der Waals surface area contributed by atoms with Crippen molar-refractivity contribution in [1.82, 2.24) is 4.31 Å². The van der Waals surface area contributed by atoms with Gasteiger partial charge in [-0.15, -0.1) is 0 Å². The molecule has 3 nitrogen and oxygen atoms in total. The van der Waals surface area contributed by atoms with Gasteiger partial charge < -0.3 is 0 Å². The van der Waals surface area contributed by atoms with Crippen LogP contribution in [0.15, 0.2) is 35.9 Å². The number of fused-ring (bicyclic) bond motifs is 1. The van der Waals surface area contributed by atoms with Gasteiger partial charge in [-0.3, -0.25) is 0 Å². The van der Waals surface area contributed by atoms with Gasteiger partial charge >= 0.3 is 0 Å². The Morgan fingerprint density at radius 2 is 2.17 bits per heavy atom. The summed E-state index contributed by atoms with van der Waals surface area (Å²) >= 11 is 5.78. The SMILES string of the molecule is C=C(Cl)CN([C@@H]1CCc2ccccc21)S(C)(=O)=O. The molecule has 0 heterocycles. The summed E-state index contributed by atoms with van der Waals surface area (Å²) in [6.45, 7) is 3.76. The van der Waals surface area contributed by atoms with Crippen LogP contribution in [0.5, 0.6) is 0 Å². The lowest BCUT2D eigenvalue weighted by molar-refractivity contribution is 0.349. The van der Waals surface area contributed by atoms with Crippen molar-refractivity contribution in [2.75, 3.05) is 12.8 Å². The second-order valence-corrected chi connectivity index (χ2v) is 7.05. The minimum atomic E-state index is -3.30. The van der Waals surface area contributed by atoms with Crippen molar-refractivity contribution in [2.45, 2.75) is 18.9 Å². The molecule has 0 bridgehead atoms. The molecule has 0 amide bonds. The highest BCUT2D eigenvalue weighted by molar-refractivity contribution is 7.88. The normalized spacial score (nSPS) is 18.9. The van der Waals surface area contributed by atoms with Gasteiger partial charge in [0, 0.05) is 11.6 Å². The van der Waals surface area contributed by atoms with Crippen molar-refractivity contribution >= 4 is 21.6 Å². The van der Waals surface area contributed by atoms with Crippen LogP contribution in [-0.2, 0) is 16.4 Å². The van der Waals surface area contributed by atoms with Gasteiger partial charge in [-0.1, -0.05) is 42.4 Å². The number of nitrogens with zero attached hydrogens (tertiary/aromatic N) is 1. The number of sulfonamides is 1. The Balaban J connectivity index is 2.37. The minimum Gasteiger partial charge on any atom is -0.212 e. The van der Waals surface area contributed by atoms with Gasteiger partial charge in [0.2, 0.25) is 10.0 Å². The molecule has 1 aliphatic carbocycles. The maximum atomic E-state index is 11.9. The van der Waals surface area contributed by atoms with Crippen molar-refractivity contribution in [3.05, 3.63) is 47.0 Å². The Kier molecular flexibility index (Phi) is 3.80. The number of rotatable bonds is 4. The van der Waals surface area contributed by atoms with Gasteiger partial charge in [-0.25, -0.2) is 8.42 Å². The van der Waals surface area contributed by atoms with Gasteiger partial charge in [-0.2, -0.15) is 4.31 Å². The molecule has 1 aliphatic rings. The monoisotopic (exact) mass is 285 g/mol. The predicted molar refractivity (Wildman–Crippen MR) is 74.0 cm³/mol. The van der Waals surface area contributed by atoms with Gasteiger partial charge in [0.25, 0.3) is 0 Å². The lowest BCUT2D eigenvalue weighted by atomic mass is 10.1. The molecule has 98 valence electrons. The Morgan fingerprint density at radius 3 is 2.78 bits per heavy atom. The summed E-state index contributed by atoms with van der Waals surface area (Å²) in [7, 11) is -3.30. The van der Waals surface area contributed by atoms with Crippen LogP contribution in [0.1, 0.15) is 23.6 Å². The van der Waals surface area contributed by atoms with Gasteiger partial charge in [0.15, 0.2) is 0 Å². The van der Waals surface area contributed by atoms with Crippen LogP contribution in [-0.4, -0.2) is 25.5 Å². The number of aryl methyl sites for hydroxylation is 1. The Hall–Kier alpha value is -0.840. The van der Waals surface area contributed by atoms with Crippen LogP contribution >= 0.6 is 11.6 Å². The van der Waals surface area contributed by atoms with E-state index in [4.69, 9.17) is 11.6 Å². The fourth-order valence-corrected chi connectivity index (χ4v) is 3.73. The molecular formula is C13H16ClNO2S. The molecular weight excluding hydrogens is 270 g/mol. The highest BCUT2D eigenvalue weighted by Gasteiger charge is 2.32. The van der Waals surface area contributed by atoms with E-state index in [2.05, 4.69) is 6.58 Å². The largest absolute Gasteiger partial charge is 0.212 e. The van der Waals surface area contributed by atoms with E-state index in [-0.39, 0.29) is 12.6 Å². The Morgan fingerprint density at radius 1 is 1.50 bits per heavy atom. The van der Waals surface area contributed by atoms with Gasteiger partial charge in [-0.05, 0) is 24.0 Å². The zero-order chi connectivity index (χ0) is 13.3. The molecule has 0 saturated heterocycles. The third-order valence-electron chi connectivity index (χ3n) is 3.20. The Labute approximate surface area is 113 Å². The van der Waals surface area contributed by atoms with Crippen molar-refractivity contribution in [2.24, 2.45) is 0 Å². The van der Waals surface area contributed by atoms with Crippen LogP contribution in [0.3, 0.4) is 0 Å². The van der Waals surface area contributed by atoms with Crippen LogP contribution in [0.25, 0.3) is 0 Å². The maximum Gasteiger partial charge on any atom is 0.212 e. The third-order valence-corrected chi connectivity index (χ3v) is 4.56. The number of halogens is 1. The molecule has 1 aromatic rings. The molecule has 0 saturated carbocycles. The first-order valence-electron chi connectivity index (χ1n) is 5.77. The molecule has 18 heavy (non-hydrogen) atoms. The average molecular weight is 286 g/mol. The fraction of sp³-hybridized carbons (Fsp3) is 0.385. The molecule has 0 spiro atoms. The smallest absolute Gasteiger partial charge is 0.212 e. The predicted octanol–water partition coefficient (Wildman–Crippen LogP) is 2.69. The van der Waals surface area contributed by atoms with E-state index in [0.29, 0.717) is 5.03 Å². The molecule has 0 aliphatic heterocycles. The van der Waals surface area contributed by atoms with E-state index in [0.717, 1.165) is 18.4 Å². The molecule has 2 rings (SSSR count).